The zero-order valence-electron chi connectivity index (χ0n) is 14.5. The average Bonchev–Trinajstić information content (AvgIpc) is 3.08. The number of carbonyl (C=O) groups is 1. The van der Waals surface area contributed by atoms with E-state index < -0.39 is 15.9 Å². The van der Waals surface area contributed by atoms with Crippen molar-refractivity contribution < 1.29 is 27.1 Å². The van der Waals surface area contributed by atoms with E-state index in [0.717, 1.165) is 0 Å². The van der Waals surface area contributed by atoms with Crippen molar-refractivity contribution in [1.82, 2.24) is 4.31 Å². The maximum absolute atomic E-state index is 12.8. The first-order chi connectivity index (χ1) is 12.4. The third-order valence-corrected chi connectivity index (χ3v) is 6.03. The Labute approximate surface area is 151 Å². The summed E-state index contributed by atoms with van der Waals surface area (Å²) in [6.45, 7) is 2.98. The Morgan fingerprint density at radius 3 is 2.58 bits per heavy atom. The highest BCUT2D eigenvalue weighted by molar-refractivity contribution is 7.89. The van der Waals surface area contributed by atoms with Gasteiger partial charge in [0.1, 0.15) is 11.5 Å². The fourth-order valence-electron chi connectivity index (χ4n) is 2.69. The number of anilines is 1. The van der Waals surface area contributed by atoms with Gasteiger partial charge in [-0.1, -0.05) is 0 Å². The SMILES string of the molecule is COc1ccc(S(=O)(=O)N2CCOCC2)cc1NC(=O)c1ccoc1C. The number of furan rings is 1. The maximum Gasteiger partial charge on any atom is 0.259 e. The number of nitrogens with zero attached hydrogens (tertiary/aromatic N) is 1. The van der Waals surface area contributed by atoms with Crippen LogP contribution in [0.15, 0.2) is 39.8 Å². The van der Waals surface area contributed by atoms with Crippen molar-refractivity contribution in [1.29, 1.82) is 0 Å². The van der Waals surface area contributed by atoms with Crippen LogP contribution in [0.2, 0.25) is 0 Å². The summed E-state index contributed by atoms with van der Waals surface area (Å²) in [5, 5.41) is 2.69. The van der Waals surface area contributed by atoms with E-state index in [9.17, 15) is 13.2 Å². The lowest BCUT2D eigenvalue weighted by Gasteiger charge is -2.26. The number of benzene rings is 1. The second-order valence-electron chi connectivity index (χ2n) is 5.72. The molecule has 1 aromatic carbocycles. The minimum atomic E-state index is -3.68. The first-order valence-electron chi connectivity index (χ1n) is 8.05. The molecule has 140 valence electrons. The number of hydrogen-bond acceptors (Lipinski definition) is 6. The molecule has 1 aliphatic heterocycles. The molecule has 1 N–H and O–H groups in total. The van der Waals surface area contributed by atoms with Crippen LogP contribution in [0.3, 0.4) is 0 Å². The number of carbonyl (C=O) groups excluding carboxylic acids is 1. The van der Waals surface area contributed by atoms with Gasteiger partial charge in [-0.2, -0.15) is 4.31 Å². The summed E-state index contributed by atoms with van der Waals surface area (Å²) in [5.41, 5.74) is 0.640. The Kier molecular flexibility index (Phi) is 5.30. The molecule has 9 heteroatoms. The van der Waals surface area contributed by atoms with Crippen LogP contribution in [0.5, 0.6) is 5.75 Å². The van der Waals surface area contributed by atoms with Crippen LogP contribution in [0.25, 0.3) is 0 Å². The Bertz CT molecular complexity index is 900. The number of amides is 1. The molecule has 0 unspecified atom stereocenters. The third-order valence-electron chi connectivity index (χ3n) is 4.13. The fourth-order valence-corrected chi connectivity index (χ4v) is 4.13. The van der Waals surface area contributed by atoms with Crippen LogP contribution in [0.4, 0.5) is 5.69 Å². The van der Waals surface area contributed by atoms with Crippen molar-refractivity contribution in [3.63, 3.8) is 0 Å². The van der Waals surface area contributed by atoms with E-state index in [1.165, 1.54) is 35.9 Å². The largest absolute Gasteiger partial charge is 0.495 e. The molecule has 8 nitrogen and oxygen atoms in total. The molecular weight excluding hydrogens is 360 g/mol. The smallest absolute Gasteiger partial charge is 0.259 e. The van der Waals surface area contributed by atoms with E-state index >= 15 is 0 Å². The minimum absolute atomic E-state index is 0.0828. The Morgan fingerprint density at radius 1 is 1.23 bits per heavy atom. The molecule has 0 radical (unpaired) electrons. The molecule has 0 bridgehead atoms. The molecule has 3 rings (SSSR count). The van der Waals surface area contributed by atoms with Gasteiger partial charge in [0.15, 0.2) is 0 Å². The molecule has 2 aromatic rings. The van der Waals surface area contributed by atoms with Gasteiger partial charge in [0, 0.05) is 13.1 Å². The minimum Gasteiger partial charge on any atom is -0.495 e. The average molecular weight is 380 g/mol. The van der Waals surface area contributed by atoms with Crippen LogP contribution in [-0.4, -0.2) is 52.0 Å². The molecule has 0 atom stereocenters. The van der Waals surface area contributed by atoms with E-state index in [1.807, 2.05) is 0 Å². The third kappa shape index (κ3) is 3.59. The highest BCUT2D eigenvalue weighted by Gasteiger charge is 2.27. The molecule has 1 saturated heterocycles. The van der Waals surface area contributed by atoms with Crippen molar-refractivity contribution in [2.24, 2.45) is 0 Å². The summed E-state index contributed by atoms with van der Waals surface area (Å²) in [7, 11) is -2.23. The molecule has 26 heavy (non-hydrogen) atoms. The summed E-state index contributed by atoms with van der Waals surface area (Å²) in [6.07, 6.45) is 1.42. The summed E-state index contributed by atoms with van der Waals surface area (Å²) >= 11 is 0. The van der Waals surface area contributed by atoms with Crippen LogP contribution in [0.1, 0.15) is 16.1 Å². The van der Waals surface area contributed by atoms with Crippen molar-refractivity contribution >= 4 is 21.6 Å². The molecule has 1 fully saturated rings. The molecule has 1 aromatic heterocycles. The number of rotatable bonds is 5. The normalized spacial score (nSPS) is 15.6. The van der Waals surface area contributed by atoms with E-state index in [4.69, 9.17) is 13.9 Å². The predicted molar refractivity (Wildman–Crippen MR) is 94.0 cm³/mol. The summed E-state index contributed by atoms with van der Waals surface area (Å²) in [6, 6.07) is 5.93. The first kappa shape index (κ1) is 18.4. The van der Waals surface area contributed by atoms with Crippen LogP contribution >= 0.6 is 0 Å². The number of aryl methyl sites for hydroxylation is 1. The van der Waals surface area contributed by atoms with Crippen LogP contribution in [0, 0.1) is 6.92 Å². The molecule has 1 aliphatic rings. The molecule has 0 saturated carbocycles. The van der Waals surface area contributed by atoms with Crippen molar-refractivity contribution in [2.75, 3.05) is 38.7 Å². The van der Waals surface area contributed by atoms with Crippen molar-refractivity contribution in [2.45, 2.75) is 11.8 Å². The zero-order chi connectivity index (χ0) is 18.7. The highest BCUT2D eigenvalue weighted by atomic mass is 32.2. The molecular formula is C17H20N2O6S. The van der Waals surface area contributed by atoms with Gasteiger partial charge < -0.3 is 19.2 Å². The summed E-state index contributed by atoms with van der Waals surface area (Å²) in [4.78, 5) is 12.5. The van der Waals surface area contributed by atoms with Gasteiger partial charge in [-0.05, 0) is 31.2 Å². The number of ether oxygens (including phenoxy) is 2. The van der Waals surface area contributed by atoms with Gasteiger partial charge in [-0.3, -0.25) is 4.79 Å². The van der Waals surface area contributed by atoms with Gasteiger partial charge in [0.25, 0.3) is 5.91 Å². The number of methoxy groups -OCH3 is 1. The Hall–Kier alpha value is -2.36. The van der Waals surface area contributed by atoms with Crippen LogP contribution in [-0.2, 0) is 14.8 Å². The molecule has 1 amide bonds. The summed E-state index contributed by atoms with van der Waals surface area (Å²) < 4.78 is 42.6. The predicted octanol–water partition coefficient (Wildman–Crippen LogP) is 1.87. The van der Waals surface area contributed by atoms with Crippen LogP contribution < -0.4 is 10.1 Å². The van der Waals surface area contributed by atoms with Crippen molar-refractivity contribution in [3.8, 4) is 5.75 Å². The van der Waals surface area contributed by atoms with Crippen molar-refractivity contribution in [3.05, 3.63) is 41.9 Å². The van der Waals surface area contributed by atoms with E-state index in [1.54, 1.807) is 13.0 Å². The fraction of sp³-hybridized carbons (Fsp3) is 0.353. The Morgan fingerprint density at radius 2 is 1.96 bits per heavy atom. The van der Waals surface area contributed by atoms with Gasteiger partial charge in [-0.15, -0.1) is 0 Å². The number of nitrogens with one attached hydrogen (secondary N) is 1. The maximum atomic E-state index is 12.8. The van der Waals surface area contributed by atoms with Gasteiger partial charge in [-0.25, -0.2) is 8.42 Å². The van der Waals surface area contributed by atoms with Gasteiger partial charge in [0.2, 0.25) is 10.0 Å². The zero-order valence-corrected chi connectivity index (χ0v) is 15.3. The monoisotopic (exact) mass is 380 g/mol. The second-order valence-corrected chi connectivity index (χ2v) is 7.66. The van der Waals surface area contributed by atoms with E-state index in [0.29, 0.717) is 43.4 Å². The number of sulfonamides is 1. The van der Waals surface area contributed by atoms with Gasteiger partial charge >= 0.3 is 0 Å². The molecule has 2 heterocycles. The lowest BCUT2D eigenvalue weighted by molar-refractivity contribution is 0.0730. The van der Waals surface area contributed by atoms with E-state index in [2.05, 4.69) is 5.32 Å². The van der Waals surface area contributed by atoms with E-state index in [-0.39, 0.29) is 10.6 Å². The topological polar surface area (TPSA) is 98.1 Å². The summed E-state index contributed by atoms with van der Waals surface area (Å²) in [5.74, 6) is 0.425. The number of hydrogen-bond donors (Lipinski definition) is 1. The molecule has 0 aliphatic carbocycles. The molecule has 0 spiro atoms. The highest BCUT2D eigenvalue weighted by Crippen LogP contribution is 2.30. The Balaban J connectivity index is 1.91. The lowest BCUT2D eigenvalue weighted by atomic mass is 10.2. The lowest BCUT2D eigenvalue weighted by Crippen LogP contribution is -2.40. The first-order valence-corrected chi connectivity index (χ1v) is 9.49. The standard InChI is InChI=1S/C17H20N2O6S/c1-12-14(5-8-25-12)17(20)18-15-11-13(3-4-16(15)23-2)26(21,22)19-6-9-24-10-7-19/h3-5,8,11H,6-7,9-10H2,1-2H3,(H,18,20). The van der Waals surface area contributed by atoms with Gasteiger partial charge in [0.05, 0.1) is 42.7 Å². The number of morpholine rings is 1. The quantitative estimate of drug-likeness (QED) is 0.850. The second kappa shape index (κ2) is 7.48.